The van der Waals surface area contributed by atoms with Crippen molar-refractivity contribution in [1.82, 2.24) is 9.88 Å². The van der Waals surface area contributed by atoms with E-state index in [4.69, 9.17) is 4.74 Å². The van der Waals surface area contributed by atoms with Crippen molar-refractivity contribution in [2.24, 2.45) is 0 Å². The quantitative estimate of drug-likeness (QED) is 0.687. The van der Waals surface area contributed by atoms with Gasteiger partial charge in [-0.2, -0.15) is 0 Å². The molecule has 0 bridgehead atoms. The Labute approximate surface area is 161 Å². The topological polar surface area (TPSA) is 89.4 Å². The number of esters is 1. The zero-order valence-corrected chi connectivity index (χ0v) is 15.3. The third kappa shape index (κ3) is 3.11. The van der Waals surface area contributed by atoms with Gasteiger partial charge in [0.2, 0.25) is 0 Å². The number of hydrogen-bond acceptors (Lipinski definition) is 4. The number of aromatic nitrogens is 1. The fraction of sp³-hybridized carbons (Fsp3) is 0.190. The second kappa shape index (κ2) is 7.19. The molecule has 2 N–H and O–H groups in total. The summed E-state index contributed by atoms with van der Waals surface area (Å²) in [5.74, 6) is -0.965. The van der Waals surface area contributed by atoms with Crippen molar-refractivity contribution in [1.29, 1.82) is 0 Å². The minimum atomic E-state index is -0.519. The smallest absolute Gasteiger partial charge is 0.339 e. The van der Waals surface area contributed by atoms with Crippen LogP contribution >= 0.6 is 0 Å². The highest BCUT2D eigenvalue weighted by molar-refractivity contribution is 6.09. The highest BCUT2D eigenvalue weighted by atomic mass is 16.5. The van der Waals surface area contributed by atoms with Crippen LogP contribution in [0.5, 0.6) is 0 Å². The number of hydrogen-bond donors (Lipinski definition) is 2. The molecule has 0 aliphatic carbocycles. The SMILES string of the molecule is COC(=O)c1ccccc1NC(=O)c1ccc2cc3n(c2c1)CCCNC3=O. The standard InChI is InChI=1S/C21H19N3O4/c1-28-21(27)15-5-2-3-6-16(15)23-19(25)14-8-7-13-11-18-20(26)22-9-4-10-24(18)17(13)12-14/h2-3,5-8,11-12H,4,9-10H2,1H3,(H,22,26)(H,23,25). The van der Waals surface area contributed by atoms with E-state index < -0.39 is 5.97 Å². The van der Waals surface area contributed by atoms with E-state index >= 15 is 0 Å². The molecule has 28 heavy (non-hydrogen) atoms. The normalized spacial score (nSPS) is 13.4. The highest BCUT2D eigenvalue weighted by Gasteiger charge is 2.20. The van der Waals surface area contributed by atoms with Gasteiger partial charge < -0.3 is 19.9 Å². The maximum atomic E-state index is 12.8. The molecule has 2 heterocycles. The number of carbonyl (C=O) groups excluding carboxylic acids is 3. The van der Waals surface area contributed by atoms with Gasteiger partial charge in [-0.15, -0.1) is 0 Å². The maximum Gasteiger partial charge on any atom is 0.339 e. The minimum absolute atomic E-state index is 0.105. The lowest BCUT2D eigenvalue weighted by Gasteiger charge is -2.10. The van der Waals surface area contributed by atoms with Gasteiger partial charge in [-0.25, -0.2) is 4.79 Å². The number of anilines is 1. The van der Waals surface area contributed by atoms with E-state index in [9.17, 15) is 14.4 Å². The molecule has 0 atom stereocenters. The van der Waals surface area contributed by atoms with Gasteiger partial charge >= 0.3 is 5.97 Å². The number of rotatable bonds is 3. The first-order valence-electron chi connectivity index (χ1n) is 8.98. The molecular formula is C21H19N3O4. The summed E-state index contributed by atoms with van der Waals surface area (Å²) < 4.78 is 6.71. The maximum absolute atomic E-state index is 12.8. The van der Waals surface area contributed by atoms with E-state index in [1.54, 1.807) is 36.4 Å². The van der Waals surface area contributed by atoms with Crippen molar-refractivity contribution in [2.75, 3.05) is 19.0 Å². The van der Waals surface area contributed by atoms with Crippen molar-refractivity contribution < 1.29 is 19.1 Å². The molecule has 142 valence electrons. The van der Waals surface area contributed by atoms with E-state index in [1.807, 2.05) is 16.7 Å². The molecule has 7 nitrogen and oxygen atoms in total. The molecule has 0 fully saturated rings. The van der Waals surface area contributed by atoms with E-state index in [0.29, 0.717) is 30.0 Å². The Morgan fingerprint density at radius 3 is 2.79 bits per heavy atom. The Morgan fingerprint density at radius 1 is 1.14 bits per heavy atom. The Kier molecular flexibility index (Phi) is 4.57. The third-order valence-corrected chi connectivity index (χ3v) is 4.82. The molecule has 7 heteroatoms. The van der Waals surface area contributed by atoms with Crippen molar-refractivity contribution in [3.05, 3.63) is 65.4 Å². The lowest BCUT2D eigenvalue weighted by atomic mass is 10.1. The van der Waals surface area contributed by atoms with Gasteiger partial charge in [0.05, 0.1) is 18.4 Å². The molecular weight excluding hydrogens is 358 g/mol. The van der Waals surface area contributed by atoms with E-state index in [2.05, 4.69) is 10.6 Å². The molecule has 0 radical (unpaired) electrons. The van der Waals surface area contributed by atoms with Crippen molar-refractivity contribution in [2.45, 2.75) is 13.0 Å². The lowest BCUT2D eigenvalue weighted by molar-refractivity contribution is 0.0601. The van der Waals surface area contributed by atoms with Crippen LogP contribution in [0.2, 0.25) is 0 Å². The lowest BCUT2D eigenvalue weighted by Crippen LogP contribution is -2.22. The van der Waals surface area contributed by atoms with Crippen molar-refractivity contribution in [3.63, 3.8) is 0 Å². The fourth-order valence-electron chi connectivity index (χ4n) is 3.43. The number of benzene rings is 2. The number of carbonyl (C=O) groups is 3. The van der Waals surface area contributed by atoms with E-state index in [1.165, 1.54) is 7.11 Å². The Hall–Kier alpha value is -3.61. The number of methoxy groups -OCH3 is 1. The Balaban J connectivity index is 1.68. The molecule has 3 aromatic rings. The Morgan fingerprint density at radius 2 is 1.96 bits per heavy atom. The summed E-state index contributed by atoms with van der Waals surface area (Å²) in [5.41, 5.74) is 2.54. The number of amides is 2. The molecule has 0 saturated carbocycles. The van der Waals surface area contributed by atoms with Gasteiger partial charge in [-0.1, -0.05) is 18.2 Å². The molecule has 1 aliphatic rings. The predicted octanol–water partition coefficient (Wildman–Crippen LogP) is 2.81. The molecule has 4 rings (SSSR count). The third-order valence-electron chi connectivity index (χ3n) is 4.82. The molecule has 0 spiro atoms. The summed E-state index contributed by atoms with van der Waals surface area (Å²) in [5, 5.41) is 6.54. The largest absolute Gasteiger partial charge is 0.465 e. The highest BCUT2D eigenvalue weighted by Crippen LogP contribution is 2.24. The van der Waals surface area contributed by atoms with Gasteiger partial charge in [-0.3, -0.25) is 9.59 Å². The van der Waals surface area contributed by atoms with Crippen molar-refractivity contribution >= 4 is 34.4 Å². The summed E-state index contributed by atoms with van der Waals surface area (Å²) in [6, 6.07) is 13.8. The summed E-state index contributed by atoms with van der Waals surface area (Å²) in [6.45, 7) is 1.33. The van der Waals surface area contributed by atoms with E-state index in [0.717, 1.165) is 17.3 Å². The first-order chi connectivity index (χ1) is 13.6. The number of ether oxygens (including phenoxy) is 1. The van der Waals surface area contributed by atoms with Crippen LogP contribution in [0, 0.1) is 0 Å². The van der Waals surface area contributed by atoms with Crippen molar-refractivity contribution in [3.8, 4) is 0 Å². The number of aryl methyl sites for hydroxylation is 1. The molecule has 0 unspecified atom stereocenters. The van der Waals surface area contributed by atoms with Gasteiger partial charge in [0, 0.05) is 29.6 Å². The van der Waals surface area contributed by atoms with E-state index in [-0.39, 0.29) is 17.4 Å². The molecule has 1 aromatic heterocycles. The summed E-state index contributed by atoms with van der Waals surface area (Å²) in [6.07, 6.45) is 0.825. The van der Waals surface area contributed by atoms with Crippen LogP contribution in [0.25, 0.3) is 10.9 Å². The minimum Gasteiger partial charge on any atom is -0.465 e. The molecule has 0 saturated heterocycles. The molecule has 2 amide bonds. The first kappa shape index (κ1) is 17.8. The number of para-hydroxylation sites is 1. The summed E-state index contributed by atoms with van der Waals surface area (Å²) in [4.78, 5) is 36.9. The zero-order chi connectivity index (χ0) is 19.7. The number of fused-ring (bicyclic) bond motifs is 3. The predicted molar refractivity (Wildman–Crippen MR) is 105 cm³/mol. The molecule has 2 aromatic carbocycles. The van der Waals surface area contributed by atoms with Crippen LogP contribution in [0.1, 0.15) is 37.6 Å². The second-order valence-electron chi connectivity index (χ2n) is 6.56. The summed E-state index contributed by atoms with van der Waals surface area (Å²) >= 11 is 0. The van der Waals surface area contributed by atoms with Crippen LogP contribution in [0.4, 0.5) is 5.69 Å². The van der Waals surface area contributed by atoms with Crippen LogP contribution in [0.15, 0.2) is 48.5 Å². The zero-order valence-electron chi connectivity index (χ0n) is 15.3. The van der Waals surface area contributed by atoms with Gasteiger partial charge in [0.25, 0.3) is 11.8 Å². The van der Waals surface area contributed by atoms with Gasteiger partial charge in [-0.05, 0) is 36.8 Å². The number of nitrogens with zero attached hydrogens (tertiary/aromatic N) is 1. The van der Waals surface area contributed by atoms with Crippen LogP contribution in [0.3, 0.4) is 0 Å². The summed E-state index contributed by atoms with van der Waals surface area (Å²) in [7, 11) is 1.29. The average molecular weight is 377 g/mol. The van der Waals surface area contributed by atoms with Gasteiger partial charge in [0.1, 0.15) is 5.69 Å². The number of nitrogens with one attached hydrogen (secondary N) is 2. The first-order valence-corrected chi connectivity index (χ1v) is 8.98. The monoisotopic (exact) mass is 377 g/mol. The van der Waals surface area contributed by atoms with Crippen LogP contribution in [-0.2, 0) is 11.3 Å². The van der Waals surface area contributed by atoms with Crippen LogP contribution in [-0.4, -0.2) is 36.0 Å². The van der Waals surface area contributed by atoms with Gasteiger partial charge in [0.15, 0.2) is 0 Å². The van der Waals surface area contributed by atoms with Crippen LogP contribution < -0.4 is 10.6 Å². The average Bonchev–Trinajstić information content (AvgIpc) is 2.98. The Bertz CT molecular complexity index is 1100. The second-order valence-corrected chi connectivity index (χ2v) is 6.56. The molecule has 1 aliphatic heterocycles. The fourth-order valence-corrected chi connectivity index (χ4v) is 3.43.